The fourth-order valence-corrected chi connectivity index (χ4v) is 1.58. The minimum absolute atomic E-state index is 0.0783. The highest BCUT2D eigenvalue weighted by Gasteiger charge is 2.28. The number of fused-ring (bicyclic) bond motifs is 1. The summed E-state index contributed by atoms with van der Waals surface area (Å²) in [5.74, 6) is -0.482. The van der Waals surface area contributed by atoms with Gasteiger partial charge in [-0.25, -0.2) is 4.98 Å². The zero-order chi connectivity index (χ0) is 17.6. The number of aliphatic hydroxyl groups excluding tert-OH is 4. The summed E-state index contributed by atoms with van der Waals surface area (Å²) in [6.07, 6.45) is -3.22. The highest BCUT2D eigenvalue weighted by atomic mass is 16.4. The van der Waals surface area contributed by atoms with Gasteiger partial charge < -0.3 is 31.1 Å². The molecule has 0 aliphatic rings. The molecular weight excluding hydrogens is 310 g/mol. The first kappa shape index (κ1) is 18.7. The molecule has 2 heterocycles. The maximum Gasteiger partial charge on any atom is 0.278 e. The Bertz CT molecular complexity index is 699. The van der Waals surface area contributed by atoms with E-state index in [9.17, 15) is 9.59 Å². The number of ketones is 1. The van der Waals surface area contributed by atoms with Crippen LogP contribution in [-0.2, 0) is 4.79 Å². The van der Waals surface area contributed by atoms with Crippen molar-refractivity contribution in [2.24, 2.45) is 0 Å². The van der Waals surface area contributed by atoms with E-state index >= 15 is 0 Å². The average molecular weight is 329 g/mol. The van der Waals surface area contributed by atoms with Crippen molar-refractivity contribution in [1.29, 1.82) is 0 Å². The molecule has 3 atom stereocenters. The second-order valence-corrected chi connectivity index (χ2v) is 4.56. The molecule has 0 spiro atoms. The molecule has 23 heavy (non-hydrogen) atoms. The van der Waals surface area contributed by atoms with E-state index in [1.54, 1.807) is 0 Å². The van der Waals surface area contributed by atoms with Crippen LogP contribution in [0.25, 0.3) is 11.2 Å². The monoisotopic (exact) mass is 329 g/mol. The second kappa shape index (κ2) is 8.33. The Balaban J connectivity index is 0.000000230. The Morgan fingerprint density at radius 3 is 2.61 bits per heavy atom. The number of aromatic nitrogens is 4. The van der Waals surface area contributed by atoms with Gasteiger partial charge in [0.1, 0.15) is 18.3 Å². The molecule has 0 saturated carbocycles. The summed E-state index contributed by atoms with van der Waals surface area (Å²) in [7, 11) is 0. The molecule has 0 aliphatic carbocycles. The molecule has 11 nitrogen and oxygen atoms in total. The molecular formula is C12H19N5O6. The Hall–Kier alpha value is -2.34. The predicted octanol–water partition coefficient (Wildman–Crippen LogP) is -2.73. The van der Waals surface area contributed by atoms with Crippen molar-refractivity contribution >= 4 is 22.9 Å². The lowest BCUT2D eigenvalue weighted by molar-refractivity contribution is -0.139. The molecule has 0 radical (unpaired) electrons. The molecule has 3 unspecified atom stereocenters. The van der Waals surface area contributed by atoms with E-state index in [0.29, 0.717) is 11.2 Å². The van der Waals surface area contributed by atoms with Crippen molar-refractivity contribution in [1.82, 2.24) is 19.9 Å². The zero-order valence-corrected chi connectivity index (χ0v) is 12.3. The number of rotatable bonds is 5. The van der Waals surface area contributed by atoms with Gasteiger partial charge >= 0.3 is 0 Å². The molecule has 128 valence electrons. The summed E-state index contributed by atoms with van der Waals surface area (Å²) in [5, 5.41) is 35.2. The van der Waals surface area contributed by atoms with Crippen LogP contribution >= 0.6 is 0 Å². The number of aliphatic hydroxyl groups is 4. The number of nitrogens with two attached hydrogens (primary N) is 1. The summed E-state index contributed by atoms with van der Waals surface area (Å²) in [5.41, 5.74) is 5.65. The largest absolute Gasteiger partial charge is 0.394 e. The normalized spacial score (nSPS) is 14.7. The molecule has 2 aromatic rings. The van der Waals surface area contributed by atoms with Gasteiger partial charge in [-0.3, -0.25) is 14.6 Å². The topological polar surface area (TPSA) is 198 Å². The third-order valence-corrected chi connectivity index (χ3v) is 2.90. The predicted molar refractivity (Wildman–Crippen MR) is 79.3 cm³/mol. The third kappa shape index (κ3) is 4.82. The standard InChI is InChI=1S/C7H14O5.C5H5N5O/c1-2-4(9)6(11)7(12)5(10)3-8;6-5-9-3-2(4(11)10-5)7-1-8-3/h5-8,10-12H,2-3H2,1H3;1H,(H4,6,7,8,9,10,11). The molecule has 2 rings (SSSR count). The summed E-state index contributed by atoms with van der Waals surface area (Å²) < 4.78 is 0. The summed E-state index contributed by atoms with van der Waals surface area (Å²) in [4.78, 5) is 34.3. The minimum atomic E-state index is -1.61. The van der Waals surface area contributed by atoms with Crippen LogP contribution in [0.4, 0.5) is 5.95 Å². The zero-order valence-electron chi connectivity index (χ0n) is 12.3. The molecule has 0 fully saturated rings. The lowest BCUT2D eigenvalue weighted by Crippen LogP contribution is -2.43. The smallest absolute Gasteiger partial charge is 0.278 e. The first-order valence-electron chi connectivity index (χ1n) is 6.68. The second-order valence-electron chi connectivity index (χ2n) is 4.56. The number of H-pyrrole nitrogens is 2. The molecule has 0 aliphatic heterocycles. The number of nitrogen functional groups attached to an aromatic ring is 1. The molecule has 0 saturated heterocycles. The number of hydrogen-bond acceptors (Lipinski definition) is 9. The van der Waals surface area contributed by atoms with Gasteiger partial charge in [0.15, 0.2) is 16.9 Å². The van der Waals surface area contributed by atoms with Gasteiger partial charge in [0.25, 0.3) is 5.56 Å². The van der Waals surface area contributed by atoms with Gasteiger partial charge in [0, 0.05) is 6.42 Å². The van der Waals surface area contributed by atoms with Gasteiger partial charge in [-0.1, -0.05) is 6.92 Å². The van der Waals surface area contributed by atoms with Gasteiger partial charge in [-0.2, -0.15) is 4.98 Å². The number of anilines is 1. The Morgan fingerprint density at radius 1 is 1.39 bits per heavy atom. The third-order valence-electron chi connectivity index (χ3n) is 2.90. The summed E-state index contributed by atoms with van der Waals surface area (Å²) >= 11 is 0. The molecule has 0 aromatic carbocycles. The Kier molecular flexibility index (Phi) is 6.78. The minimum Gasteiger partial charge on any atom is -0.394 e. The van der Waals surface area contributed by atoms with Gasteiger partial charge in [0.05, 0.1) is 12.9 Å². The van der Waals surface area contributed by atoms with Gasteiger partial charge in [-0.05, 0) is 0 Å². The lowest BCUT2D eigenvalue weighted by Gasteiger charge is -2.19. The van der Waals surface area contributed by atoms with E-state index in [2.05, 4.69) is 19.9 Å². The summed E-state index contributed by atoms with van der Waals surface area (Å²) in [6, 6.07) is 0. The van der Waals surface area contributed by atoms with Crippen LogP contribution in [0.15, 0.2) is 11.1 Å². The van der Waals surface area contributed by atoms with Crippen LogP contribution in [0.2, 0.25) is 0 Å². The van der Waals surface area contributed by atoms with E-state index in [1.807, 2.05) is 0 Å². The first-order chi connectivity index (χ1) is 10.8. The highest BCUT2D eigenvalue weighted by molar-refractivity contribution is 5.83. The maximum absolute atomic E-state index is 11.0. The number of imidazole rings is 1. The van der Waals surface area contributed by atoms with Gasteiger partial charge in [-0.15, -0.1) is 0 Å². The van der Waals surface area contributed by atoms with Crippen LogP contribution < -0.4 is 11.3 Å². The van der Waals surface area contributed by atoms with E-state index in [1.165, 1.54) is 13.3 Å². The van der Waals surface area contributed by atoms with Crippen molar-refractivity contribution in [3.63, 3.8) is 0 Å². The fraction of sp³-hybridized carbons (Fsp3) is 0.500. The van der Waals surface area contributed by atoms with Crippen LogP contribution in [-0.4, -0.2) is 71.1 Å². The molecule has 8 N–H and O–H groups in total. The van der Waals surface area contributed by atoms with E-state index in [0.717, 1.165) is 0 Å². The molecule has 0 bridgehead atoms. The van der Waals surface area contributed by atoms with Gasteiger partial charge in [0.2, 0.25) is 5.95 Å². The first-order valence-corrected chi connectivity index (χ1v) is 6.68. The van der Waals surface area contributed by atoms with E-state index in [4.69, 9.17) is 26.2 Å². The number of carbonyl (C=O) groups is 1. The van der Waals surface area contributed by atoms with Crippen molar-refractivity contribution in [2.75, 3.05) is 12.3 Å². The quantitative estimate of drug-likeness (QED) is 0.304. The number of aromatic amines is 2. The fourth-order valence-electron chi connectivity index (χ4n) is 1.58. The summed E-state index contributed by atoms with van der Waals surface area (Å²) in [6.45, 7) is 0.846. The van der Waals surface area contributed by atoms with Crippen molar-refractivity contribution in [3.05, 3.63) is 16.7 Å². The maximum atomic E-state index is 11.0. The van der Waals surface area contributed by atoms with Crippen molar-refractivity contribution < 1.29 is 25.2 Å². The molecule has 0 amide bonds. The van der Waals surface area contributed by atoms with Crippen molar-refractivity contribution in [2.45, 2.75) is 31.7 Å². The SMILES string of the molecule is CCC(=O)C(O)C(O)C(O)CO.Nc1nc2nc[nH]c2c(=O)[nH]1. The number of hydrogen-bond donors (Lipinski definition) is 7. The molecule has 11 heteroatoms. The van der Waals surface area contributed by atoms with Crippen LogP contribution in [0.5, 0.6) is 0 Å². The number of carbonyl (C=O) groups excluding carboxylic acids is 1. The number of Topliss-reactive ketones (excluding diaryl/α,β-unsaturated/α-hetero) is 1. The number of nitrogens with one attached hydrogen (secondary N) is 2. The Morgan fingerprint density at radius 2 is 2.04 bits per heavy atom. The average Bonchev–Trinajstić information content (AvgIpc) is 3.01. The van der Waals surface area contributed by atoms with Crippen LogP contribution in [0.1, 0.15) is 13.3 Å². The van der Waals surface area contributed by atoms with E-state index in [-0.39, 0.29) is 17.9 Å². The van der Waals surface area contributed by atoms with E-state index < -0.39 is 30.7 Å². The van der Waals surface area contributed by atoms with Crippen molar-refractivity contribution in [3.8, 4) is 0 Å². The highest BCUT2D eigenvalue weighted by Crippen LogP contribution is 2.02. The van der Waals surface area contributed by atoms with Crippen LogP contribution in [0.3, 0.4) is 0 Å². The molecule has 2 aromatic heterocycles. The number of nitrogens with zero attached hydrogens (tertiary/aromatic N) is 2. The lowest BCUT2D eigenvalue weighted by atomic mass is 10.0. The Labute approximate surface area is 129 Å². The van der Waals surface area contributed by atoms with Crippen LogP contribution in [0, 0.1) is 0 Å².